The monoisotopic (exact) mass is 661 g/mol. The van der Waals surface area contributed by atoms with Crippen LogP contribution in [0.2, 0.25) is 0 Å². The van der Waals surface area contributed by atoms with Crippen molar-refractivity contribution in [2.24, 2.45) is 0 Å². The largest absolute Gasteiger partial charge is 0.310 e. The predicted molar refractivity (Wildman–Crippen MR) is 217 cm³/mol. The second-order valence-corrected chi connectivity index (χ2v) is 13.2. The molecule has 0 aromatic heterocycles. The highest BCUT2D eigenvalue weighted by Crippen LogP contribution is 2.54. The van der Waals surface area contributed by atoms with Gasteiger partial charge in [0.05, 0.1) is 0 Å². The molecule has 244 valence electrons. The van der Waals surface area contributed by atoms with E-state index in [0.29, 0.717) is 0 Å². The molecule has 1 aliphatic rings. The van der Waals surface area contributed by atoms with Crippen LogP contribution in [0.25, 0.3) is 33.4 Å². The SMILES string of the molecule is C(#CC1(c2ccccc2)c2ccccc2-c2ccc(N(c3ccc(-c4ccccc4)cc3)c3cccc(-c4ccccc4)c3)cc21)c1ccccc1. The van der Waals surface area contributed by atoms with E-state index >= 15 is 0 Å². The Hall–Kier alpha value is -6.88. The highest BCUT2D eigenvalue weighted by molar-refractivity contribution is 5.90. The van der Waals surface area contributed by atoms with Gasteiger partial charge in [-0.15, -0.1) is 0 Å². The molecular weight excluding hydrogens is 627 g/mol. The molecule has 0 radical (unpaired) electrons. The molecule has 1 nitrogen and oxygen atoms in total. The first-order chi connectivity index (χ1) is 25.8. The molecule has 0 fully saturated rings. The lowest BCUT2D eigenvalue weighted by Gasteiger charge is -2.30. The van der Waals surface area contributed by atoms with Crippen LogP contribution in [0.5, 0.6) is 0 Å². The highest BCUT2D eigenvalue weighted by atomic mass is 15.1. The van der Waals surface area contributed by atoms with Crippen LogP contribution < -0.4 is 4.90 Å². The molecule has 8 aromatic carbocycles. The van der Waals surface area contributed by atoms with Gasteiger partial charge in [-0.25, -0.2) is 0 Å². The van der Waals surface area contributed by atoms with Gasteiger partial charge in [0.2, 0.25) is 0 Å². The van der Waals surface area contributed by atoms with Crippen molar-refractivity contribution in [1.82, 2.24) is 0 Å². The van der Waals surface area contributed by atoms with Gasteiger partial charge in [-0.2, -0.15) is 0 Å². The van der Waals surface area contributed by atoms with Gasteiger partial charge in [-0.3, -0.25) is 0 Å². The molecule has 0 N–H and O–H groups in total. The van der Waals surface area contributed by atoms with Gasteiger partial charge in [0.1, 0.15) is 5.41 Å². The zero-order chi connectivity index (χ0) is 34.7. The van der Waals surface area contributed by atoms with Gasteiger partial charge in [0.25, 0.3) is 0 Å². The maximum absolute atomic E-state index is 3.87. The molecular formula is C51H35N. The van der Waals surface area contributed by atoms with Crippen LogP contribution in [0.4, 0.5) is 17.1 Å². The van der Waals surface area contributed by atoms with E-state index in [1.165, 1.54) is 44.5 Å². The molecule has 0 saturated carbocycles. The van der Waals surface area contributed by atoms with Crippen molar-refractivity contribution < 1.29 is 0 Å². The number of rotatable bonds is 6. The Morgan fingerprint density at radius 3 is 1.58 bits per heavy atom. The van der Waals surface area contributed by atoms with Crippen molar-refractivity contribution in [3.8, 4) is 45.2 Å². The molecule has 0 bridgehead atoms. The zero-order valence-corrected chi connectivity index (χ0v) is 28.7. The third kappa shape index (κ3) is 5.58. The average Bonchev–Trinajstić information content (AvgIpc) is 3.51. The topological polar surface area (TPSA) is 3.24 Å². The van der Waals surface area contributed by atoms with Crippen LogP contribution in [0, 0.1) is 11.8 Å². The molecule has 0 amide bonds. The second-order valence-electron chi connectivity index (χ2n) is 13.2. The molecule has 9 rings (SSSR count). The van der Waals surface area contributed by atoms with Crippen molar-refractivity contribution in [3.63, 3.8) is 0 Å². The average molecular weight is 662 g/mol. The van der Waals surface area contributed by atoms with Crippen LogP contribution >= 0.6 is 0 Å². The van der Waals surface area contributed by atoms with E-state index < -0.39 is 5.41 Å². The minimum Gasteiger partial charge on any atom is -0.310 e. The van der Waals surface area contributed by atoms with Crippen LogP contribution in [-0.2, 0) is 5.41 Å². The molecule has 0 aliphatic heterocycles. The number of hydrogen-bond donors (Lipinski definition) is 0. The maximum Gasteiger partial charge on any atom is 0.108 e. The summed E-state index contributed by atoms with van der Waals surface area (Å²) in [5.74, 6) is 7.48. The molecule has 52 heavy (non-hydrogen) atoms. The van der Waals surface area contributed by atoms with Gasteiger partial charge in [-0.05, 0) is 98.6 Å². The van der Waals surface area contributed by atoms with Crippen LogP contribution in [0.1, 0.15) is 22.3 Å². The molecule has 0 saturated heterocycles. The summed E-state index contributed by atoms with van der Waals surface area (Å²) in [5, 5.41) is 0. The van der Waals surface area contributed by atoms with Crippen molar-refractivity contribution >= 4 is 17.1 Å². The zero-order valence-electron chi connectivity index (χ0n) is 28.7. The summed E-state index contributed by atoms with van der Waals surface area (Å²) in [4.78, 5) is 2.38. The van der Waals surface area contributed by atoms with E-state index in [1.54, 1.807) is 0 Å². The summed E-state index contributed by atoms with van der Waals surface area (Å²) < 4.78 is 0. The van der Waals surface area contributed by atoms with Gasteiger partial charge < -0.3 is 4.90 Å². The maximum atomic E-state index is 3.87. The van der Waals surface area contributed by atoms with Crippen LogP contribution in [0.3, 0.4) is 0 Å². The number of hydrogen-bond acceptors (Lipinski definition) is 1. The molecule has 1 aliphatic carbocycles. The first-order valence-corrected chi connectivity index (χ1v) is 17.8. The Morgan fingerprint density at radius 2 is 0.865 bits per heavy atom. The summed E-state index contributed by atoms with van der Waals surface area (Å²) in [5.41, 5.74) is 14.3. The standard InChI is InChI=1S/C51H35N/c1-5-16-38(17-6-1)34-35-51(43-23-11-4-12-24-43)49-27-14-13-26-47(49)48-33-32-46(37-50(48)51)52(44-30-28-41(29-31-44)39-18-7-2-8-19-39)45-25-15-22-42(36-45)40-20-9-3-10-21-40/h1-33,36-37H. The molecule has 1 atom stereocenters. The first kappa shape index (κ1) is 31.1. The lowest BCUT2D eigenvalue weighted by molar-refractivity contribution is 0.837. The summed E-state index contributed by atoms with van der Waals surface area (Å²) in [6, 6.07) is 75.8. The first-order valence-electron chi connectivity index (χ1n) is 17.8. The van der Waals surface area contributed by atoms with Crippen LogP contribution in [-0.4, -0.2) is 0 Å². The van der Waals surface area contributed by atoms with Crippen molar-refractivity contribution in [2.75, 3.05) is 4.90 Å². The Kier molecular flexibility index (Phi) is 8.05. The fraction of sp³-hybridized carbons (Fsp3) is 0.0196. The van der Waals surface area contributed by atoms with E-state index in [4.69, 9.17) is 0 Å². The third-order valence-corrected chi connectivity index (χ3v) is 10.1. The molecule has 1 unspecified atom stereocenters. The summed E-state index contributed by atoms with van der Waals surface area (Å²) in [6.45, 7) is 0. The van der Waals surface area contributed by atoms with E-state index in [0.717, 1.165) is 28.2 Å². The fourth-order valence-corrected chi connectivity index (χ4v) is 7.64. The van der Waals surface area contributed by atoms with Crippen molar-refractivity contribution in [3.05, 3.63) is 235 Å². The Balaban J connectivity index is 1.27. The quantitative estimate of drug-likeness (QED) is 0.160. The van der Waals surface area contributed by atoms with Gasteiger partial charge >= 0.3 is 0 Å². The normalized spacial score (nSPS) is 14.1. The van der Waals surface area contributed by atoms with E-state index in [9.17, 15) is 0 Å². The minimum absolute atomic E-state index is 0.673. The molecule has 1 heteroatoms. The van der Waals surface area contributed by atoms with Gasteiger partial charge in [-0.1, -0.05) is 176 Å². The number of benzene rings is 8. The Bertz CT molecular complexity index is 2550. The molecule has 0 heterocycles. The van der Waals surface area contributed by atoms with Crippen molar-refractivity contribution in [2.45, 2.75) is 5.41 Å². The number of anilines is 3. The summed E-state index contributed by atoms with van der Waals surface area (Å²) in [6.07, 6.45) is 0. The lowest BCUT2D eigenvalue weighted by Crippen LogP contribution is -2.25. The van der Waals surface area contributed by atoms with E-state index in [1.807, 2.05) is 6.07 Å². The fourth-order valence-electron chi connectivity index (χ4n) is 7.64. The highest BCUT2D eigenvalue weighted by Gasteiger charge is 2.44. The third-order valence-electron chi connectivity index (χ3n) is 10.1. The molecule has 8 aromatic rings. The van der Waals surface area contributed by atoms with Gasteiger partial charge in [0.15, 0.2) is 0 Å². The number of fused-ring (bicyclic) bond motifs is 3. The summed E-state index contributed by atoms with van der Waals surface area (Å²) >= 11 is 0. The molecule has 0 spiro atoms. The second kappa shape index (κ2) is 13.4. The van der Waals surface area contributed by atoms with Crippen LogP contribution in [0.15, 0.2) is 212 Å². The van der Waals surface area contributed by atoms with Crippen molar-refractivity contribution in [1.29, 1.82) is 0 Å². The summed E-state index contributed by atoms with van der Waals surface area (Å²) in [7, 11) is 0. The smallest absolute Gasteiger partial charge is 0.108 e. The van der Waals surface area contributed by atoms with E-state index in [2.05, 4.69) is 223 Å². The Labute approximate surface area is 306 Å². The number of nitrogens with zero attached hydrogens (tertiary/aromatic N) is 1. The lowest BCUT2D eigenvalue weighted by atomic mass is 9.72. The van der Waals surface area contributed by atoms with Gasteiger partial charge in [0, 0.05) is 22.6 Å². The van der Waals surface area contributed by atoms with E-state index in [-0.39, 0.29) is 0 Å². The minimum atomic E-state index is -0.673. The Morgan fingerprint density at radius 1 is 0.346 bits per heavy atom. The predicted octanol–water partition coefficient (Wildman–Crippen LogP) is 12.9.